The standard InChI is InChI=1S/C18H24F3N7/c1-22-17(28-9-5-13(12-28)14-10-26-27(2)11-14)25-8-7-24-16-15(18(19,20)21)4-3-6-23-16/h3-4,6,10-11,13H,5,7-9,12H2,1-2H3,(H,22,25)(H,23,24). The van der Waals surface area contributed by atoms with Gasteiger partial charge in [0.05, 0.1) is 11.8 Å². The summed E-state index contributed by atoms with van der Waals surface area (Å²) in [7, 11) is 3.60. The van der Waals surface area contributed by atoms with Crippen molar-refractivity contribution in [2.45, 2.75) is 18.5 Å². The maximum Gasteiger partial charge on any atom is 0.419 e. The van der Waals surface area contributed by atoms with Gasteiger partial charge in [-0.15, -0.1) is 0 Å². The van der Waals surface area contributed by atoms with Crippen LogP contribution in [0.5, 0.6) is 0 Å². The quantitative estimate of drug-likeness (QED) is 0.462. The molecule has 1 aliphatic heterocycles. The highest BCUT2D eigenvalue weighted by Crippen LogP contribution is 2.33. The molecule has 0 saturated carbocycles. The number of hydrogen-bond acceptors (Lipinski definition) is 4. The Labute approximate surface area is 161 Å². The number of aliphatic imine (C=N–C) groups is 1. The van der Waals surface area contributed by atoms with Crippen molar-refractivity contribution in [2.75, 3.05) is 38.5 Å². The van der Waals surface area contributed by atoms with Crippen LogP contribution in [0, 0.1) is 0 Å². The molecule has 0 aliphatic carbocycles. The minimum absolute atomic E-state index is 0.162. The topological polar surface area (TPSA) is 70.4 Å². The minimum atomic E-state index is -4.43. The fourth-order valence-corrected chi connectivity index (χ4v) is 3.34. The molecular formula is C18H24F3N7. The molecule has 2 aromatic rings. The van der Waals surface area contributed by atoms with E-state index in [1.54, 1.807) is 11.7 Å². The molecule has 0 aromatic carbocycles. The normalized spacial score (nSPS) is 17.8. The molecule has 2 N–H and O–H groups in total. The molecule has 1 atom stereocenters. The van der Waals surface area contributed by atoms with Crippen molar-refractivity contribution >= 4 is 11.8 Å². The number of rotatable bonds is 5. The Morgan fingerprint density at radius 2 is 2.18 bits per heavy atom. The first kappa shape index (κ1) is 20.0. The Kier molecular flexibility index (Phi) is 6.05. The zero-order valence-corrected chi connectivity index (χ0v) is 15.9. The molecule has 152 valence electrons. The molecular weight excluding hydrogens is 371 g/mol. The van der Waals surface area contributed by atoms with Crippen molar-refractivity contribution < 1.29 is 13.2 Å². The lowest BCUT2D eigenvalue weighted by Gasteiger charge is -2.22. The van der Waals surface area contributed by atoms with Crippen LogP contribution in [0.2, 0.25) is 0 Å². The lowest BCUT2D eigenvalue weighted by Crippen LogP contribution is -2.41. The number of nitrogens with zero attached hydrogens (tertiary/aromatic N) is 5. The van der Waals surface area contributed by atoms with Gasteiger partial charge >= 0.3 is 6.18 Å². The van der Waals surface area contributed by atoms with Crippen LogP contribution in [0.4, 0.5) is 19.0 Å². The highest BCUT2D eigenvalue weighted by Gasteiger charge is 2.34. The van der Waals surface area contributed by atoms with Crippen LogP contribution in [0.15, 0.2) is 35.7 Å². The molecule has 1 fully saturated rings. The van der Waals surface area contributed by atoms with E-state index in [2.05, 4.69) is 30.6 Å². The fraction of sp³-hybridized carbons (Fsp3) is 0.500. The van der Waals surface area contributed by atoms with E-state index in [4.69, 9.17) is 0 Å². The molecule has 7 nitrogen and oxygen atoms in total. The van der Waals surface area contributed by atoms with Gasteiger partial charge in [0.25, 0.3) is 0 Å². The molecule has 3 heterocycles. The summed E-state index contributed by atoms with van der Waals surface area (Å²) >= 11 is 0. The highest BCUT2D eigenvalue weighted by atomic mass is 19.4. The summed E-state index contributed by atoms with van der Waals surface area (Å²) in [5.74, 6) is 0.975. The maximum atomic E-state index is 13.0. The average molecular weight is 395 g/mol. The van der Waals surface area contributed by atoms with Crippen molar-refractivity contribution in [1.29, 1.82) is 0 Å². The summed E-state index contributed by atoms with van der Waals surface area (Å²) in [5.41, 5.74) is 0.440. The highest BCUT2D eigenvalue weighted by molar-refractivity contribution is 5.80. The Balaban J connectivity index is 1.49. The van der Waals surface area contributed by atoms with Crippen LogP contribution in [-0.4, -0.2) is 58.9 Å². The summed E-state index contributed by atoms with van der Waals surface area (Å²) in [6, 6.07) is 2.30. The number of aromatic nitrogens is 3. The van der Waals surface area contributed by atoms with E-state index in [1.165, 1.54) is 17.8 Å². The predicted octanol–water partition coefficient (Wildman–Crippen LogP) is 2.31. The number of guanidine groups is 1. The number of halogens is 3. The summed E-state index contributed by atoms with van der Waals surface area (Å²) in [6.07, 6.45) is 1.83. The van der Waals surface area contributed by atoms with Gasteiger partial charge in [-0.05, 0) is 24.1 Å². The Morgan fingerprint density at radius 1 is 1.36 bits per heavy atom. The Bertz CT molecular complexity index is 816. The van der Waals surface area contributed by atoms with Crippen LogP contribution >= 0.6 is 0 Å². The van der Waals surface area contributed by atoms with Crippen molar-refractivity contribution in [1.82, 2.24) is 25.0 Å². The first-order valence-electron chi connectivity index (χ1n) is 9.08. The zero-order valence-electron chi connectivity index (χ0n) is 15.9. The van der Waals surface area contributed by atoms with Gasteiger partial charge in [0, 0.05) is 58.6 Å². The van der Waals surface area contributed by atoms with E-state index in [0.717, 1.165) is 31.5 Å². The fourth-order valence-electron chi connectivity index (χ4n) is 3.34. The number of nitrogens with one attached hydrogen (secondary N) is 2. The molecule has 0 amide bonds. The number of hydrogen-bond donors (Lipinski definition) is 2. The number of aryl methyl sites for hydroxylation is 1. The van der Waals surface area contributed by atoms with Crippen molar-refractivity contribution in [2.24, 2.45) is 12.0 Å². The molecule has 0 bridgehead atoms. The smallest absolute Gasteiger partial charge is 0.368 e. The molecule has 0 spiro atoms. The van der Waals surface area contributed by atoms with E-state index in [0.29, 0.717) is 19.0 Å². The Hall–Kier alpha value is -2.78. The summed E-state index contributed by atoms with van der Waals surface area (Å²) in [4.78, 5) is 10.2. The van der Waals surface area contributed by atoms with Crippen LogP contribution in [0.1, 0.15) is 23.5 Å². The minimum Gasteiger partial charge on any atom is -0.368 e. The third-order valence-electron chi connectivity index (χ3n) is 4.71. The van der Waals surface area contributed by atoms with Gasteiger partial charge < -0.3 is 15.5 Å². The van der Waals surface area contributed by atoms with Crippen LogP contribution in [0.25, 0.3) is 0 Å². The lowest BCUT2D eigenvalue weighted by atomic mass is 10.0. The Morgan fingerprint density at radius 3 is 2.86 bits per heavy atom. The summed E-state index contributed by atoms with van der Waals surface area (Å²) < 4.78 is 40.8. The van der Waals surface area contributed by atoms with E-state index in [-0.39, 0.29) is 5.82 Å². The molecule has 3 rings (SSSR count). The van der Waals surface area contributed by atoms with Gasteiger partial charge in [-0.1, -0.05) is 0 Å². The largest absolute Gasteiger partial charge is 0.419 e. The van der Waals surface area contributed by atoms with Crippen LogP contribution in [0.3, 0.4) is 0 Å². The van der Waals surface area contributed by atoms with Crippen LogP contribution in [-0.2, 0) is 13.2 Å². The second-order valence-corrected chi connectivity index (χ2v) is 6.68. The molecule has 0 radical (unpaired) electrons. The molecule has 28 heavy (non-hydrogen) atoms. The van der Waals surface area contributed by atoms with Crippen molar-refractivity contribution in [3.63, 3.8) is 0 Å². The molecule has 10 heteroatoms. The number of anilines is 1. The van der Waals surface area contributed by atoms with Crippen LogP contribution < -0.4 is 10.6 Å². The van der Waals surface area contributed by atoms with E-state index in [9.17, 15) is 13.2 Å². The van der Waals surface area contributed by atoms with Gasteiger partial charge in [-0.25, -0.2) is 4.98 Å². The first-order valence-corrected chi connectivity index (χ1v) is 9.08. The molecule has 1 saturated heterocycles. The number of likely N-dealkylation sites (tertiary alicyclic amines) is 1. The number of alkyl halides is 3. The average Bonchev–Trinajstić information content (AvgIpc) is 3.30. The van der Waals surface area contributed by atoms with Gasteiger partial charge in [-0.2, -0.15) is 18.3 Å². The zero-order chi connectivity index (χ0) is 20.1. The predicted molar refractivity (Wildman–Crippen MR) is 101 cm³/mol. The molecule has 1 unspecified atom stereocenters. The van der Waals surface area contributed by atoms with E-state index < -0.39 is 11.7 Å². The van der Waals surface area contributed by atoms with Gasteiger partial charge in [-0.3, -0.25) is 9.67 Å². The number of pyridine rings is 1. The summed E-state index contributed by atoms with van der Waals surface area (Å²) in [6.45, 7) is 2.41. The second-order valence-electron chi connectivity index (χ2n) is 6.68. The van der Waals surface area contributed by atoms with E-state index >= 15 is 0 Å². The third-order valence-corrected chi connectivity index (χ3v) is 4.71. The van der Waals surface area contributed by atoms with Crippen molar-refractivity contribution in [3.8, 4) is 0 Å². The third kappa shape index (κ3) is 4.73. The monoisotopic (exact) mass is 395 g/mol. The SMILES string of the molecule is CN=C(NCCNc1ncccc1C(F)(F)F)N1CCC(c2cnn(C)c2)C1. The first-order chi connectivity index (χ1) is 13.4. The van der Waals surface area contributed by atoms with Gasteiger partial charge in [0.1, 0.15) is 5.82 Å². The maximum absolute atomic E-state index is 13.0. The second kappa shape index (κ2) is 8.49. The molecule has 1 aliphatic rings. The van der Waals surface area contributed by atoms with Gasteiger partial charge in [0.15, 0.2) is 5.96 Å². The van der Waals surface area contributed by atoms with E-state index in [1.807, 2.05) is 19.4 Å². The summed E-state index contributed by atoms with van der Waals surface area (Å²) in [5, 5.41) is 10.2. The lowest BCUT2D eigenvalue weighted by molar-refractivity contribution is -0.137. The van der Waals surface area contributed by atoms with Gasteiger partial charge in [0.2, 0.25) is 0 Å². The van der Waals surface area contributed by atoms with Crippen molar-refractivity contribution in [3.05, 3.63) is 41.9 Å². The molecule has 2 aromatic heterocycles.